The van der Waals surface area contributed by atoms with Crippen molar-refractivity contribution in [2.45, 2.75) is 37.6 Å². The standard InChI is InChI=1S/C21H26N2O/c22-20-12-11-18(14-20)21(24)23-15-19(17-9-5-2-6-10-17)13-16-7-3-1-4-8-16/h1-10,18-20H,11-15,22H2,(H,23,24). The summed E-state index contributed by atoms with van der Waals surface area (Å²) in [5, 5.41) is 3.17. The van der Waals surface area contributed by atoms with Crippen molar-refractivity contribution in [3.05, 3.63) is 71.8 Å². The first-order valence-electron chi connectivity index (χ1n) is 8.84. The van der Waals surface area contributed by atoms with Gasteiger partial charge < -0.3 is 11.1 Å². The van der Waals surface area contributed by atoms with Crippen molar-refractivity contribution in [2.75, 3.05) is 6.54 Å². The van der Waals surface area contributed by atoms with Gasteiger partial charge >= 0.3 is 0 Å². The van der Waals surface area contributed by atoms with Crippen molar-refractivity contribution in [3.8, 4) is 0 Å². The number of benzene rings is 2. The lowest BCUT2D eigenvalue weighted by molar-refractivity contribution is -0.124. The fraction of sp³-hybridized carbons (Fsp3) is 0.381. The number of amides is 1. The molecule has 0 bridgehead atoms. The third-order valence-electron chi connectivity index (χ3n) is 4.96. The van der Waals surface area contributed by atoms with E-state index < -0.39 is 0 Å². The number of carbonyl (C=O) groups excluding carboxylic acids is 1. The van der Waals surface area contributed by atoms with Gasteiger partial charge in [0, 0.05) is 24.4 Å². The van der Waals surface area contributed by atoms with Crippen LogP contribution in [0, 0.1) is 5.92 Å². The second-order valence-corrected chi connectivity index (χ2v) is 6.81. The van der Waals surface area contributed by atoms with Crippen LogP contribution in [0.4, 0.5) is 0 Å². The Kier molecular flexibility index (Phi) is 5.65. The topological polar surface area (TPSA) is 55.1 Å². The van der Waals surface area contributed by atoms with Crippen molar-refractivity contribution in [1.82, 2.24) is 5.32 Å². The van der Waals surface area contributed by atoms with Gasteiger partial charge in [-0.3, -0.25) is 4.79 Å². The summed E-state index contributed by atoms with van der Waals surface area (Å²) >= 11 is 0. The fourth-order valence-corrected chi connectivity index (χ4v) is 3.55. The molecule has 0 aromatic heterocycles. The number of hydrogen-bond acceptors (Lipinski definition) is 2. The van der Waals surface area contributed by atoms with Crippen LogP contribution in [0.1, 0.15) is 36.3 Å². The summed E-state index contributed by atoms with van der Waals surface area (Å²) in [4.78, 5) is 12.4. The molecule has 0 heterocycles. The number of nitrogens with one attached hydrogen (secondary N) is 1. The highest BCUT2D eigenvalue weighted by Crippen LogP contribution is 2.25. The van der Waals surface area contributed by atoms with Crippen LogP contribution in [-0.2, 0) is 11.2 Å². The normalized spacial score (nSPS) is 21.4. The molecule has 0 radical (unpaired) electrons. The summed E-state index contributed by atoms with van der Waals surface area (Å²) in [6, 6.07) is 21.1. The number of carbonyl (C=O) groups is 1. The third kappa shape index (κ3) is 4.45. The van der Waals surface area contributed by atoms with Gasteiger partial charge in [-0.05, 0) is 36.8 Å². The van der Waals surface area contributed by atoms with Crippen molar-refractivity contribution < 1.29 is 4.79 Å². The first-order valence-corrected chi connectivity index (χ1v) is 8.84. The maximum absolute atomic E-state index is 12.4. The molecular weight excluding hydrogens is 296 g/mol. The van der Waals surface area contributed by atoms with Crippen LogP contribution >= 0.6 is 0 Å². The molecule has 3 N–H and O–H groups in total. The zero-order valence-electron chi connectivity index (χ0n) is 14.0. The van der Waals surface area contributed by atoms with E-state index in [4.69, 9.17) is 5.73 Å². The van der Waals surface area contributed by atoms with Crippen molar-refractivity contribution in [1.29, 1.82) is 0 Å². The van der Waals surface area contributed by atoms with Gasteiger partial charge in [0.25, 0.3) is 0 Å². The zero-order valence-corrected chi connectivity index (χ0v) is 14.0. The van der Waals surface area contributed by atoms with Crippen LogP contribution in [-0.4, -0.2) is 18.5 Å². The maximum Gasteiger partial charge on any atom is 0.223 e. The minimum absolute atomic E-state index is 0.0909. The van der Waals surface area contributed by atoms with E-state index in [-0.39, 0.29) is 23.8 Å². The van der Waals surface area contributed by atoms with E-state index in [1.165, 1.54) is 11.1 Å². The molecule has 3 atom stereocenters. The lowest BCUT2D eigenvalue weighted by atomic mass is 9.91. The Bertz CT molecular complexity index is 641. The number of hydrogen-bond donors (Lipinski definition) is 2. The number of rotatable bonds is 6. The molecular formula is C21H26N2O. The maximum atomic E-state index is 12.4. The average molecular weight is 322 g/mol. The summed E-state index contributed by atoms with van der Waals surface area (Å²) < 4.78 is 0. The van der Waals surface area contributed by atoms with E-state index in [1.807, 2.05) is 12.1 Å². The SMILES string of the molecule is NC1CCC(C(=O)NCC(Cc2ccccc2)c2ccccc2)C1. The highest BCUT2D eigenvalue weighted by atomic mass is 16.1. The second kappa shape index (κ2) is 8.11. The van der Waals surface area contributed by atoms with Gasteiger partial charge in [-0.2, -0.15) is 0 Å². The van der Waals surface area contributed by atoms with Crippen LogP contribution in [0.2, 0.25) is 0 Å². The molecule has 3 rings (SSSR count). The molecule has 2 aromatic rings. The number of nitrogens with two attached hydrogens (primary N) is 1. The van der Waals surface area contributed by atoms with E-state index in [0.717, 1.165) is 25.7 Å². The van der Waals surface area contributed by atoms with Crippen molar-refractivity contribution in [2.24, 2.45) is 11.7 Å². The lowest BCUT2D eigenvalue weighted by Crippen LogP contribution is -2.34. The Morgan fingerprint density at radius 2 is 1.71 bits per heavy atom. The van der Waals surface area contributed by atoms with Gasteiger partial charge in [0.2, 0.25) is 5.91 Å². The first-order chi connectivity index (χ1) is 11.7. The van der Waals surface area contributed by atoms with Crippen LogP contribution in [0.25, 0.3) is 0 Å². The van der Waals surface area contributed by atoms with Gasteiger partial charge in [0.15, 0.2) is 0 Å². The predicted molar refractivity (Wildman–Crippen MR) is 97.7 cm³/mol. The van der Waals surface area contributed by atoms with Crippen LogP contribution in [0.15, 0.2) is 60.7 Å². The van der Waals surface area contributed by atoms with Gasteiger partial charge in [0.05, 0.1) is 0 Å². The molecule has 2 aromatic carbocycles. The summed E-state index contributed by atoms with van der Waals surface area (Å²) in [6.45, 7) is 0.670. The van der Waals surface area contributed by atoms with Gasteiger partial charge in [-0.15, -0.1) is 0 Å². The second-order valence-electron chi connectivity index (χ2n) is 6.81. The lowest BCUT2D eigenvalue weighted by Gasteiger charge is -2.20. The zero-order chi connectivity index (χ0) is 16.8. The van der Waals surface area contributed by atoms with E-state index >= 15 is 0 Å². The summed E-state index contributed by atoms with van der Waals surface area (Å²) in [5.41, 5.74) is 8.50. The van der Waals surface area contributed by atoms with Gasteiger partial charge in [-0.25, -0.2) is 0 Å². The smallest absolute Gasteiger partial charge is 0.223 e. The first kappa shape index (κ1) is 16.7. The van der Waals surface area contributed by atoms with E-state index in [1.54, 1.807) is 0 Å². The summed E-state index contributed by atoms with van der Waals surface area (Å²) in [6.07, 6.45) is 3.63. The Morgan fingerprint density at radius 3 is 2.33 bits per heavy atom. The minimum Gasteiger partial charge on any atom is -0.355 e. The molecule has 0 aliphatic heterocycles. The van der Waals surface area contributed by atoms with Crippen LogP contribution in [0.3, 0.4) is 0 Å². The summed E-state index contributed by atoms with van der Waals surface area (Å²) in [5.74, 6) is 0.540. The third-order valence-corrected chi connectivity index (χ3v) is 4.96. The predicted octanol–water partition coefficient (Wildman–Crippen LogP) is 3.26. The highest BCUT2D eigenvalue weighted by Gasteiger charge is 2.28. The Hall–Kier alpha value is -2.13. The molecule has 1 aliphatic carbocycles. The molecule has 1 amide bonds. The van der Waals surface area contributed by atoms with Crippen LogP contribution in [0.5, 0.6) is 0 Å². The van der Waals surface area contributed by atoms with E-state index in [0.29, 0.717) is 6.54 Å². The molecule has 24 heavy (non-hydrogen) atoms. The Morgan fingerprint density at radius 1 is 1.04 bits per heavy atom. The Balaban J connectivity index is 1.65. The summed E-state index contributed by atoms with van der Waals surface area (Å²) in [7, 11) is 0. The van der Waals surface area contributed by atoms with Gasteiger partial charge in [0.1, 0.15) is 0 Å². The fourth-order valence-electron chi connectivity index (χ4n) is 3.55. The van der Waals surface area contributed by atoms with Crippen molar-refractivity contribution in [3.63, 3.8) is 0 Å². The molecule has 126 valence electrons. The van der Waals surface area contributed by atoms with Crippen molar-refractivity contribution >= 4 is 5.91 Å². The molecule has 1 fully saturated rings. The van der Waals surface area contributed by atoms with Gasteiger partial charge in [-0.1, -0.05) is 60.7 Å². The molecule has 1 saturated carbocycles. The highest BCUT2D eigenvalue weighted by molar-refractivity contribution is 5.79. The molecule has 0 spiro atoms. The largest absolute Gasteiger partial charge is 0.355 e. The van der Waals surface area contributed by atoms with E-state index in [2.05, 4.69) is 53.8 Å². The van der Waals surface area contributed by atoms with E-state index in [9.17, 15) is 4.79 Å². The van der Waals surface area contributed by atoms with Crippen LogP contribution < -0.4 is 11.1 Å². The quantitative estimate of drug-likeness (QED) is 0.858. The minimum atomic E-state index is 0.0909. The monoisotopic (exact) mass is 322 g/mol. The molecule has 3 unspecified atom stereocenters. The average Bonchev–Trinajstić information content (AvgIpc) is 3.06. The molecule has 0 saturated heterocycles. The Labute approximate surface area is 144 Å². The molecule has 1 aliphatic rings. The molecule has 3 heteroatoms. The molecule has 3 nitrogen and oxygen atoms in total.